The number of rotatable bonds is 4. The first-order valence-corrected chi connectivity index (χ1v) is 6.90. The van der Waals surface area contributed by atoms with Gasteiger partial charge in [-0.3, -0.25) is 0 Å². The topological polar surface area (TPSA) is 71.2 Å². The third-order valence-corrected chi connectivity index (χ3v) is 3.02. The van der Waals surface area contributed by atoms with Crippen molar-refractivity contribution < 1.29 is 14.3 Å². The molecule has 0 aliphatic carbocycles. The van der Waals surface area contributed by atoms with Gasteiger partial charge in [-0.15, -0.1) is 0 Å². The van der Waals surface area contributed by atoms with Crippen molar-refractivity contribution in [2.45, 2.75) is 38.8 Å². The molecule has 2 aromatic rings. The molecule has 0 aliphatic heterocycles. The van der Waals surface area contributed by atoms with Gasteiger partial charge in [0.05, 0.1) is 6.04 Å². The Bertz CT molecular complexity index is 640. The van der Waals surface area contributed by atoms with E-state index in [2.05, 4.69) is 10.3 Å². The summed E-state index contributed by atoms with van der Waals surface area (Å²) in [5.74, 6) is 0. The van der Waals surface area contributed by atoms with Crippen LogP contribution in [0.5, 0.6) is 0 Å². The van der Waals surface area contributed by atoms with E-state index < -0.39 is 17.7 Å². The van der Waals surface area contributed by atoms with Crippen molar-refractivity contribution in [2.75, 3.05) is 0 Å². The molecule has 0 unspecified atom stereocenters. The molecule has 1 atom stereocenters. The highest BCUT2D eigenvalue weighted by Gasteiger charge is 2.22. The average Bonchev–Trinajstić information content (AvgIpc) is 2.79. The number of amides is 1. The zero-order valence-corrected chi connectivity index (χ0v) is 12.5. The summed E-state index contributed by atoms with van der Waals surface area (Å²) in [5.41, 5.74) is 1.27. The third kappa shape index (κ3) is 3.84. The van der Waals surface area contributed by atoms with Gasteiger partial charge in [-0.05, 0) is 26.8 Å². The summed E-state index contributed by atoms with van der Waals surface area (Å²) < 4.78 is 5.25. The highest BCUT2D eigenvalue weighted by Crippen LogP contribution is 2.26. The van der Waals surface area contributed by atoms with Gasteiger partial charge in [-0.1, -0.05) is 18.2 Å². The highest BCUT2D eigenvalue weighted by molar-refractivity contribution is 5.84. The summed E-state index contributed by atoms with van der Waals surface area (Å²) in [5, 5.41) is 3.74. The number of hydrogen-bond donors (Lipinski definition) is 2. The summed E-state index contributed by atoms with van der Waals surface area (Å²) in [6.07, 6.45) is 2.28. The largest absolute Gasteiger partial charge is 0.444 e. The number of hydrogen-bond acceptors (Lipinski definition) is 3. The second-order valence-corrected chi connectivity index (χ2v) is 5.89. The molecule has 0 fully saturated rings. The zero-order valence-electron chi connectivity index (χ0n) is 12.5. The van der Waals surface area contributed by atoms with Crippen LogP contribution in [0.4, 0.5) is 4.79 Å². The Balaban J connectivity index is 2.23. The van der Waals surface area contributed by atoms with E-state index >= 15 is 0 Å². The molecular formula is C16H20N2O3. The average molecular weight is 288 g/mol. The molecule has 0 bridgehead atoms. The predicted octanol–water partition coefficient (Wildman–Crippen LogP) is 3.32. The van der Waals surface area contributed by atoms with E-state index in [0.717, 1.165) is 22.8 Å². The van der Waals surface area contributed by atoms with Crippen LogP contribution in [-0.2, 0) is 9.53 Å². The SMILES string of the molecule is CC(C)(C)OC(=O)N[C@H](CC=O)c1c[nH]c2ccccc12. The van der Waals surface area contributed by atoms with Gasteiger partial charge in [-0.2, -0.15) is 0 Å². The molecule has 5 nitrogen and oxygen atoms in total. The monoisotopic (exact) mass is 288 g/mol. The highest BCUT2D eigenvalue weighted by atomic mass is 16.6. The van der Waals surface area contributed by atoms with Crippen LogP contribution in [0.25, 0.3) is 10.9 Å². The molecule has 0 aliphatic rings. The first-order valence-electron chi connectivity index (χ1n) is 6.90. The van der Waals surface area contributed by atoms with E-state index in [1.165, 1.54) is 0 Å². The van der Waals surface area contributed by atoms with Gasteiger partial charge < -0.3 is 19.8 Å². The molecule has 112 valence electrons. The molecule has 1 amide bonds. The Hall–Kier alpha value is -2.30. The van der Waals surface area contributed by atoms with Crippen molar-refractivity contribution in [3.63, 3.8) is 0 Å². The minimum atomic E-state index is -0.573. The number of ether oxygens (including phenoxy) is 1. The second-order valence-electron chi connectivity index (χ2n) is 5.89. The third-order valence-electron chi connectivity index (χ3n) is 3.02. The molecule has 1 aromatic heterocycles. The maximum atomic E-state index is 11.9. The summed E-state index contributed by atoms with van der Waals surface area (Å²) in [4.78, 5) is 26.0. The van der Waals surface area contributed by atoms with Gasteiger partial charge in [0.25, 0.3) is 0 Å². The summed E-state index contributed by atoms with van der Waals surface area (Å²) in [6.45, 7) is 5.40. The number of alkyl carbamates (subject to hydrolysis) is 1. The van der Waals surface area contributed by atoms with Gasteiger partial charge in [0.2, 0.25) is 0 Å². The van der Waals surface area contributed by atoms with Crippen LogP contribution >= 0.6 is 0 Å². The van der Waals surface area contributed by atoms with Gasteiger partial charge in [0.15, 0.2) is 0 Å². The van der Waals surface area contributed by atoms with Crippen LogP contribution in [0.3, 0.4) is 0 Å². The number of aromatic amines is 1. The van der Waals surface area contributed by atoms with Crippen LogP contribution in [0.15, 0.2) is 30.5 Å². The Labute approximate surface area is 123 Å². The Kier molecular flexibility index (Phi) is 4.31. The molecule has 2 N–H and O–H groups in total. The Morgan fingerprint density at radius 2 is 2.10 bits per heavy atom. The standard InChI is InChI=1S/C16H20N2O3/c1-16(2,3)21-15(20)18-14(8-9-19)12-10-17-13-7-5-4-6-11(12)13/h4-7,9-10,14,17H,8H2,1-3H3,(H,18,20)/t14-/m1/s1. The van der Waals surface area contributed by atoms with Crippen LogP contribution < -0.4 is 5.32 Å². The lowest BCUT2D eigenvalue weighted by Crippen LogP contribution is -2.35. The lowest BCUT2D eigenvalue weighted by molar-refractivity contribution is -0.108. The lowest BCUT2D eigenvalue weighted by atomic mass is 10.0. The number of para-hydroxylation sites is 1. The van der Waals surface area contributed by atoms with Gasteiger partial charge >= 0.3 is 6.09 Å². The smallest absolute Gasteiger partial charge is 0.408 e. The molecule has 1 aromatic carbocycles. The minimum absolute atomic E-state index is 0.196. The quantitative estimate of drug-likeness (QED) is 0.848. The minimum Gasteiger partial charge on any atom is -0.444 e. The Morgan fingerprint density at radius 3 is 2.76 bits per heavy atom. The van der Waals surface area contributed by atoms with E-state index in [0.29, 0.717) is 0 Å². The van der Waals surface area contributed by atoms with Crippen LogP contribution in [-0.4, -0.2) is 23.0 Å². The maximum absolute atomic E-state index is 11.9. The number of nitrogens with one attached hydrogen (secondary N) is 2. The number of aldehydes is 1. The normalized spacial score (nSPS) is 12.9. The number of carbonyl (C=O) groups is 2. The number of H-pyrrole nitrogens is 1. The molecule has 0 radical (unpaired) electrons. The maximum Gasteiger partial charge on any atom is 0.408 e. The van der Waals surface area contributed by atoms with E-state index in [4.69, 9.17) is 4.74 Å². The molecule has 5 heteroatoms. The molecule has 21 heavy (non-hydrogen) atoms. The van der Waals surface area contributed by atoms with E-state index in [1.54, 1.807) is 20.8 Å². The first-order chi connectivity index (χ1) is 9.90. The Morgan fingerprint density at radius 1 is 1.38 bits per heavy atom. The van der Waals surface area contributed by atoms with Crippen molar-refractivity contribution in [2.24, 2.45) is 0 Å². The molecule has 1 heterocycles. The van der Waals surface area contributed by atoms with Crippen molar-refractivity contribution in [1.29, 1.82) is 0 Å². The van der Waals surface area contributed by atoms with E-state index in [1.807, 2.05) is 30.5 Å². The van der Waals surface area contributed by atoms with Gasteiger partial charge in [-0.25, -0.2) is 4.79 Å². The van der Waals surface area contributed by atoms with Crippen molar-refractivity contribution in [1.82, 2.24) is 10.3 Å². The van der Waals surface area contributed by atoms with Crippen molar-refractivity contribution >= 4 is 23.3 Å². The zero-order chi connectivity index (χ0) is 15.5. The van der Waals surface area contributed by atoms with Crippen LogP contribution in [0.2, 0.25) is 0 Å². The predicted molar refractivity (Wildman–Crippen MR) is 81.1 cm³/mol. The van der Waals surface area contributed by atoms with Crippen LogP contribution in [0.1, 0.15) is 38.8 Å². The molecule has 2 rings (SSSR count). The summed E-state index contributed by atoms with van der Waals surface area (Å²) >= 11 is 0. The number of carbonyl (C=O) groups excluding carboxylic acids is 2. The molecule has 0 saturated heterocycles. The molecular weight excluding hydrogens is 268 g/mol. The van der Waals surface area contributed by atoms with Crippen molar-refractivity contribution in [3.8, 4) is 0 Å². The summed E-state index contributed by atoms with van der Waals surface area (Å²) in [6, 6.07) is 7.34. The van der Waals surface area contributed by atoms with Gasteiger partial charge in [0.1, 0.15) is 11.9 Å². The van der Waals surface area contributed by atoms with E-state index in [-0.39, 0.29) is 6.42 Å². The number of aromatic nitrogens is 1. The first kappa shape index (κ1) is 15.1. The number of benzene rings is 1. The van der Waals surface area contributed by atoms with Crippen LogP contribution in [0, 0.1) is 0 Å². The summed E-state index contributed by atoms with van der Waals surface area (Å²) in [7, 11) is 0. The lowest BCUT2D eigenvalue weighted by Gasteiger charge is -2.22. The molecule has 0 spiro atoms. The number of fused-ring (bicyclic) bond motifs is 1. The second kappa shape index (κ2) is 5.99. The fourth-order valence-corrected chi connectivity index (χ4v) is 2.19. The van der Waals surface area contributed by atoms with E-state index in [9.17, 15) is 9.59 Å². The fraction of sp³-hybridized carbons (Fsp3) is 0.375. The van der Waals surface area contributed by atoms with Crippen molar-refractivity contribution in [3.05, 3.63) is 36.0 Å². The van der Waals surface area contributed by atoms with Gasteiger partial charge in [0, 0.05) is 29.1 Å². The molecule has 0 saturated carbocycles. The fourth-order valence-electron chi connectivity index (χ4n) is 2.19.